The summed E-state index contributed by atoms with van der Waals surface area (Å²) in [4.78, 5) is 34.4. The monoisotopic (exact) mass is 401 g/mol. The van der Waals surface area contributed by atoms with Crippen LogP contribution < -0.4 is 0 Å². The number of ether oxygens (including phenoxy) is 3. The van der Waals surface area contributed by atoms with Crippen molar-refractivity contribution in [3.63, 3.8) is 0 Å². The molecule has 0 saturated carbocycles. The zero-order valence-corrected chi connectivity index (χ0v) is 14.7. The highest BCUT2D eigenvalue weighted by atomic mass is 79.9. The second-order valence-corrected chi connectivity index (χ2v) is 6.30. The Hall–Kier alpha value is -1.48. The molecule has 0 spiro atoms. The molecule has 0 bridgehead atoms. The summed E-state index contributed by atoms with van der Waals surface area (Å²) in [5.74, 6) is 2.22. The van der Waals surface area contributed by atoms with E-state index in [9.17, 15) is 9.59 Å². The summed E-state index contributed by atoms with van der Waals surface area (Å²) in [7, 11) is 3.03. The molecule has 130 valence electrons. The van der Waals surface area contributed by atoms with Crippen LogP contribution in [0.25, 0.3) is 0 Å². The first-order valence-electron chi connectivity index (χ1n) is 7.19. The summed E-state index contributed by atoms with van der Waals surface area (Å²) < 4.78 is 16.9. The number of halogens is 1. The summed E-state index contributed by atoms with van der Waals surface area (Å²) in [6.07, 6.45) is 1.47. The van der Waals surface area contributed by atoms with Crippen LogP contribution in [0.2, 0.25) is 0 Å². The number of hydrogen-bond acceptors (Lipinski definition) is 8. The molecular weight excluding hydrogens is 386 g/mol. The number of allylic oxidation sites excluding steroid dienone is 1. The molecule has 0 N–H and O–H groups in total. The molecule has 3 heterocycles. The molecule has 0 radical (unpaired) electrons. The Labute approximate surface area is 146 Å². The van der Waals surface area contributed by atoms with E-state index in [0.29, 0.717) is 28.8 Å². The number of carbonyl (C=O) groups is 1. The molecule has 3 rings (SSSR count). The van der Waals surface area contributed by atoms with Crippen molar-refractivity contribution in [3.05, 3.63) is 27.7 Å². The molecule has 2 saturated heterocycles. The van der Waals surface area contributed by atoms with Crippen LogP contribution in [0.5, 0.6) is 0 Å². The van der Waals surface area contributed by atoms with E-state index in [1.807, 2.05) is 10.8 Å². The first kappa shape index (κ1) is 17.3. The van der Waals surface area contributed by atoms with E-state index in [2.05, 4.69) is 15.9 Å². The van der Waals surface area contributed by atoms with E-state index in [1.165, 1.54) is 7.11 Å². The third kappa shape index (κ3) is 2.45. The quantitative estimate of drug-likeness (QED) is 0.275. The summed E-state index contributed by atoms with van der Waals surface area (Å²) in [5.41, 5.74) is -0.0231. The lowest BCUT2D eigenvalue weighted by Gasteiger charge is -2.56. The van der Waals surface area contributed by atoms with E-state index in [-0.39, 0.29) is 24.9 Å². The summed E-state index contributed by atoms with van der Waals surface area (Å²) in [6.45, 7) is 0.484. The number of nitrogens with zero attached hydrogens (tertiary/aromatic N) is 1. The number of carbonyl (C=O) groups excluding carboxylic acids is 2. The van der Waals surface area contributed by atoms with Gasteiger partial charge in [0.1, 0.15) is 30.5 Å². The van der Waals surface area contributed by atoms with Gasteiger partial charge in [0.05, 0.1) is 30.4 Å². The molecule has 8 nitrogen and oxygen atoms in total. The van der Waals surface area contributed by atoms with Gasteiger partial charge in [0.15, 0.2) is 17.5 Å². The normalized spacial score (nSPS) is 31.5. The molecule has 3 atom stereocenters. The van der Waals surface area contributed by atoms with Crippen LogP contribution in [-0.4, -0.2) is 68.9 Å². The van der Waals surface area contributed by atoms with Gasteiger partial charge in [0, 0.05) is 13.3 Å². The number of rotatable bonds is 6. The largest absolute Gasteiger partial charge is 0.493 e. The van der Waals surface area contributed by atoms with E-state index < -0.39 is 11.7 Å². The standard InChI is InChI=1S/C15H16BrNO7/c1-20-11-6-17-5-10(16)9(7-19)13(21-2)12(17)14-15(11,24-23-14)8-22-4-3-18/h3,5,11,14H,4,6,8H2,1-2H3. The Morgan fingerprint density at radius 3 is 2.88 bits per heavy atom. The van der Waals surface area contributed by atoms with Crippen LogP contribution in [-0.2, 0) is 33.6 Å². The molecule has 0 aromatic carbocycles. The number of methoxy groups -OCH3 is 2. The van der Waals surface area contributed by atoms with Gasteiger partial charge in [-0.2, -0.15) is 0 Å². The molecule has 3 aliphatic rings. The van der Waals surface area contributed by atoms with Crippen molar-refractivity contribution in [1.29, 1.82) is 0 Å². The van der Waals surface area contributed by atoms with E-state index >= 15 is 0 Å². The van der Waals surface area contributed by atoms with E-state index in [4.69, 9.17) is 24.0 Å². The third-order valence-corrected chi connectivity index (χ3v) is 4.88. The van der Waals surface area contributed by atoms with Gasteiger partial charge >= 0.3 is 0 Å². The van der Waals surface area contributed by atoms with Crippen molar-refractivity contribution in [1.82, 2.24) is 4.90 Å². The van der Waals surface area contributed by atoms with E-state index in [1.54, 1.807) is 13.3 Å². The molecule has 0 aromatic rings. The first-order valence-corrected chi connectivity index (χ1v) is 7.98. The fraction of sp³-hybridized carbons (Fsp3) is 0.533. The maximum Gasteiger partial charge on any atom is 0.189 e. The minimum atomic E-state index is -0.918. The Morgan fingerprint density at radius 2 is 2.33 bits per heavy atom. The zero-order chi connectivity index (χ0) is 17.3. The lowest BCUT2D eigenvalue weighted by Crippen LogP contribution is -2.73. The van der Waals surface area contributed by atoms with Crippen LogP contribution in [0, 0.1) is 0 Å². The highest BCUT2D eigenvalue weighted by Gasteiger charge is 2.64. The van der Waals surface area contributed by atoms with E-state index in [0.717, 1.165) is 0 Å². The van der Waals surface area contributed by atoms with Gasteiger partial charge in [-0.15, -0.1) is 0 Å². The molecule has 0 aliphatic carbocycles. The SMILES string of the molecule is COC1=C2C3OOC3(COCC=O)C(OC)CN2C=C(Br)C1=C=O. The molecule has 2 fully saturated rings. The topological polar surface area (TPSA) is 83.5 Å². The summed E-state index contributed by atoms with van der Waals surface area (Å²) in [6, 6.07) is 0. The number of fused-ring (bicyclic) bond motifs is 3. The van der Waals surface area contributed by atoms with Gasteiger partial charge in [-0.3, -0.25) is 0 Å². The number of hydrogen-bond donors (Lipinski definition) is 0. The lowest BCUT2D eigenvalue weighted by molar-refractivity contribution is -0.528. The Bertz CT molecular complexity index is 654. The predicted octanol–water partition coefficient (Wildman–Crippen LogP) is 0.468. The fourth-order valence-corrected chi connectivity index (χ4v) is 3.65. The molecule has 24 heavy (non-hydrogen) atoms. The van der Waals surface area contributed by atoms with Crippen molar-refractivity contribution in [3.8, 4) is 0 Å². The van der Waals surface area contributed by atoms with Crippen molar-refractivity contribution in [2.24, 2.45) is 0 Å². The van der Waals surface area contributed by atoms with Gasteiger partial charge in [0.2, 0.25) is 0 Å². The predicted molar refractivity (Wildman–Crippen MR) is 83.3 cm³/mol. The summed E-state index contributed by atoms with van der Waals surface area (Å²) in [5, 5.41) is 0. The lowest BCUT2D eigenvalue weighted by atomic mass is 9.81. The fourth-order valence-electron chi connectivity index (χ4n) is 3.15. The van der Waals surface area contributed by atoms with Gasteiger partial charge in [-0.05, 0) is 15.9 Å². The molecule has 9 heteroatoms. The summed E-state index contributed by atoms with van der Waals surface area (Å²) >= 11 is 3.35. The Balaban J connectivity index is 2.02. The highest BCUT2D eigenvalue weighted by molar-refractivity contribution is 9.12. The smallest absolute Gasteiger partial charge is 0.189 e. The average molecular weight is 402 g/mol. The van der Waals surface area contributed by atoms with Gasteiger partial charge in [-0.1, -0.05) is 0 Å². The van der Waals surface area contributed by atoms with Crippen molar-refractivity contribution in [2.75, 3.05) is 34.0 Å². The van der Waals surface area contributed by atoms with Gasteiger partial charge in [-0.25, -0.2) is 14.6 Å². The minimum absolute atomic E-state index is 0.0564. The van der Waals surface area contributed by atoms with Crippen LogP contribution >= 0.6 is 15.9 Å². The molecule has 3 aliphatic heterocycles. The molecule has 3 unspecified atom stereocenters. The minimum Gasteiger partial charge on any atom is -0.493 e. The highest BCUT2D eigenvalue weighted by Crippen LogP contribution is 2.48. The van der Waals surface area contributed by atoms with Crippen molar-refractivity contribution in [2.45, 2.75) is 17.8 Å². The Kier molecular flexibility index (Phi) is 4.91. The maximum atomic E-state index is 11.3. The molecular formula is C15H16BrNO7. The van der Waals surface area contributed by atoms with Crippen molar-refractivity contribution >= 4 is 28.2 Å². The number of aldehydes is 1. The van der Waals surface area contributed by atoms with Crippen LogP contribution in [0.1, 0.15) is 0 Å². The zero-order valence-electron chi connectivity index (χ0n) is 13.1. The van der Waals surface area contributed by atoms with Crippen LogP contribution in [0.3, 0.4) is 0 Å². The molecule has 0 aromatic heterocycles. The average Bonchev–Trinajstić information content (AvgIpc) is 2.56. The van der Waals surface area contributed by atoms with Gasteiger partial charge in [0.25, 0.3) is 0 Å². The maximum absolute atomic E-state index is 11.3. The third-order valence-electron chi connectivity index (χ3n) is 4.28. The second-order valence-electron chi connectivity index (χ2n) is 5.45. The van der Waals surface area contributed by atoms with Crippen LogP contribution in [0.15, 0.2) is 27.7 Å². The molecule has 0 amide bonds. The number of piperidine rings is 1. The van der Waals surface area contributed by atoms with Crippen LogP contribution in [0.4, 0.5) is 0 Å². The first-order chi connectivity index (χ1) is 11.6. The second kappa shape index (κ2) is 6.79. The Morgan fingerprint density at radius 1 is 1.54 bits per heavy atom. The van der Waals surface area contributed by atoms with Crippen molar-refractivity contribution < 1.29 is 33.6 Å². The van der Waals surface area contributed by atoms with Gasteiger partial charge < -0.3 is 23.9 Å².